The van der Waals surface area contributed by atoms with Gasteiger partial charge >= 0.3 is 0 Å². The molecule has 0 aliphatic carbocycles. The number of likely N-dealkylation sites (N-methyl/N-ethyl adjacent to an activating group) is 1. The van der Waals surface area contributed by atoms with Gasteiger partial charge in [0.2, 0.25) is 5.91 Å². The largest absolute Gasteiger partial charge is 0.370 e. The number of carbonyl (C=O) groups is 1. The van der Waals surface area contributed by atoms with Crippen LogP contribution in [0.2, 0.25) is 0 Å². The van der Waals surface area contributed by atoms with Crippen LogP contribution in [0.25, 0.3) is 11.0 Å². The van der Waals surface area contributed by atoms with E-state index < -0.39 is 0 Å². The van der Waals surface area contributed by atoms with Gasteiger partial charge in [-0.15, -0.1) is 0 Å². The third kappa shape index (κ3) is 2.66. The molecule has 3 N–H and O–H groups in total. The molecule has 1 saturated heterocycles. The number of H-pyrrole nitrogens is 1. The van der Waals surface area contributed by atoms with E-state index in [0.717, 1.165) is 42.0 Å². The number of nitrogens with one attached hydrogen (secondary N) is 3. The quantitative estimate of drug-likeness (QED) is 0.790. The summed E-state index contributed by atoms with van der Waals surface area (Å²) >= 11 is 0. The number of anilines is 1. The first kappa shape index (κ1) is 13.1. The lowest BCUT2D eigenvalue weighted by Gasteiger charge is -2.04. The van der Waals surface area contributed by atoms with Crippen molar-refractivity contribution in [2.75, 3.05) is 25.5 Å². The van der Waals surface area contributed by atoms with Gasteiger partial charge in [-0.05, 0) is 38.1 Å². The molecule has 0 radical (unpaired) electrons. The summed E-state index contributed by atoms with van der Waals surface area (Å²) in [7, 11) is 1.74. The Morgan fingerprint density at radius 1 is 1.55 bits per heavy atom. The molecule has 1 fully saturated rings. The van der Waals surface area contributed by atoms with Crippen LogP contribution >= 0.6 is 0 Å². The molecular weight excluding hydrogens is 256 g/mol. The SMILES string of the molecule is CNCC(=O)Nc1ccc2nc(C3CCCO3)[nH]c2c1. The van der Waals surface area contributed by atoms with Gasteiger partial charge in [-0.2, -0.15) is 0 Å². The van der Waals surface area contributed by atoms with Crippen molar-refractivity contribution in [3.05, 3.63) is 24.0 Å². The molecule has 1 aliphatic rings. The molecule has 1 aromatic carbocycles. The summed E-state index contributed by atoms with van der Waals surface area (Å²) in [4.78, 5) is 19.4. The van der Waals surface area contributed by atoms with E-state index in [4.69, 9.17) is 4.74 Å². The topological polar surface area (TPSA) is 79.0 Å². The van der Waals surface area contributed by atoms with Crippen LogP contribution in [0.3, 0.4) is 0 Å². The molecule has 0 saturated carbocycles. The van der Waals surface area contributed by atoms with Gasteiger partial charge in [0.05, 0.1) is 17.6 Å². The van der Waals surface area contributed by atoms with Gasteiger partial charge in [-0.3, -0.25) is 4.79 Å². The Labute approximate surface area is 116 Å². The maximum absolute atomic E-state index is 11.5. The minimum Gasteiger partial charge on any atom is -0.370 e. The second-order valence-electron chi connectivity index (χ2n) is 4.93. The van der Waals surface area contributed by atoms with Crippen LogP contribution in [-0.2, 0) is 9.53 Å². The number of rotatable bonds is 4. The highest BCUT2D eigenvalue weighted by Crippen LogP contribution is 2.28. The van der Waals surface area contributed by atoms with E-state index in [2.05, 4.69) is 20.6 Å². The number of fused-ring (bicyclic) bond motifs is 1. The van der Waals surface area contributed by atoms with Crippen LogP contribution in [0.4, 0.5) is 5.69 Å². The van der Waals surface area contributed by atoms with Crippen LogP contribution < -0.4 is 10.6 Å². The lowest BCUT2D eigenvalue weighted by Crippen LogP contribution is -2.24. The maximum atomic E-state index is 11.5. The zero-order valence-electron chi connectivity index (χ0n) is 11.4. The summed E-state index contributed by atoms with van der Waals surface area (Å²) < 4.78 is 5.62. The molecule has 3 rings (SSSR count). The van der Waals surface area contributed by atoms with Crippen molar-refractivity contribution in [3.8, 4) is 0 Å². The van der Waals surface area contributed by atoms with Crippen LogP contribution in [0.15, 0.2) is 18.2 Å². The van der Waals surface area contributed by atoms with Gasteiger partial charge in [0, 0.05) is 12.3 Å². The molecular formula is C14H18N4O2. The molecule has 1 amide bonds. The number of amides is 1. The third-order valence-corrected chi connectivity index (χ3v) is 3.36. The highest BCUT2D eigenvalue weighted by molar-refractivity contribution is 5.94. The average molecular weight is 274 g/mol. The second-order valence-corrected chi connectivity index (χ2v) is 4.93. The van der Waals surface area contributed by atoms with Crippen LogP contribution in [0.1, 0.15) is 24.8 Å². The van der Waals surface area contributed by atoms with E-state index in [9.17, 15) is 4.79 Å². The molecule has 20 heavy (non-hydrogen) atoms. The van der Waals surface area contributed by atoms with Crippen molar-refractivity contribution in [1.29, 1.82) is 0 Å². The summed E-state index contributed by atoms with van der Waals surface area (Å²) in [5, 5.41) is 5.65. The van der Waals surface area contributed by atoms with Crippen LogP contribution in [-0.4, -0.2) is 36.1 Å². The van der Waals surface area contributed by atoms with Crippen LogP contribution in [0.5, 0.6) is 0 Å². The minimum absolute atomic E-state index is 0.0642. The van der Waals surface area contributed by atoms with Gasteiger partial charge in [0.25, 0.3) is 0 Å². The third-order valence-electron chi connectivity index (χ3n) is 3.36. The van der Waals surface area contributed by atoms with E-state index in [1.807, 2.05) is 18.2 Å². The van der Waals surface area contributed by atoms with Crippen molar-refractivity contribution in [2.45, 2.75) is 18.9 Å². The predicted octanol–water partition coefficient (Wildman–Crippen LogP) is 1.57. The molecule has 1 aromatic heterocycles. The molecule has 1 atom stereocenters. The molecule has 1 aliphatic heterocycles. The van der Waals surface area contributed by atoms with E-state index in [0.29, 0.717) is 6.54 Å². The van der Waals surface area contributed by atoms with Crippen LogP contribution in [0, 0.1) is 0 Å². The number of carbonyl (C=O) groups excluding carboxylic acids is 1. The summed E-state index contributed by atoms with van der Waals surface area (Å²) in [6, 6.07) is 5.66. The maximum Gasteiger partial charge on any atom is 0.238 e. The van der Waals surface area contributed by atoms with Gasteiger partial charge in [-0.25, -0.2) is 4.98 Å². The number of aromatic nitrogens is 2. The lowest BCUT2D eigenvalue weighted by molar-refractivity contribution is -0.115. The van der Waals surface area contributed by atoms with Gasteiger partial charge in [-0.1, -0.05) is 0 Å². The van der Waals surface area contributed by atoms with Crippen molar-refractivity contribution in [3.63, 3.8) is 0 Å². The van der Waals surface area contributed by atoms with E-state index in [1.54, 1.807) is 7.05 Å². The monoisotopic (exact) mass is 274 g/mol. The summed E-state index contributed by atoms with van der Waals surface area (Å²) in [6.07, 6.45) is 2.16. The number of imidazole rings is 1. The Kier molecular flexibility index (Phi) is 3.66. The molecule has 0 bridgehead atoms. The molecule has 1 unspecified atom stereocenters. The summed E-state index contributed by atoms with van der Waals surface area (Å²) in [6.45, 7) is 1.09. The molecule has 2 heterocycles. The smallest absolute Gasteiger partial charge is 0.238 e. The number of benzene rings is 1. The summed E-state index contributed by atoms with van der Waals surface area (Å²) in [5.74, 6) is 0.807. The highest BCUT2D eigenvalue weighted by Gasteiger charge is 2.21. The van der Waals surface area contributed by atoms with Crippen molar-refractivity contribution in [1.82, 2.24) is 15.3 Å². The standard InChI is InChI=1S/C14H18N4O2/c1-15-8-13(19)16-9-4-5-10-11(7-9)18-14(17-10)12-3-2-6-20-12/h4-5,7,12,15H,2-3,6,8H2,1H3,(H,16,19)(H,17,18). The Bertz CT molecular complexity index is 617. The zero-order chi connectivity index (χ0) is 13.9. The Morgan fingerprint density at radius 3 is 3.20 bits per heavy atom. The number of aromatic amines is 1. The van der Waals surface area contributed by atoms with Gasteiger partial charge < -0.3 is 20.4 Å². The minimum atomic E-state index is -0.0642. The zero-order valence-corrected chi connectivity index (χ0v) is 11.4. The molecule has 106 valence electrons. The lowest BCUT2D eigenvalue weighted by atomic mass is 10.2. The van der Waals surface area contributed by atoms with E-state index >= 15 is 0 Å². The number of hydrogen-bond donors (Lipinski definition) is 3. The Morgan fingerprint density at radius 2 is 2.45 bits per heavy atom. The fraction of sp³-hybridized carbons (Fsp3) is 0.429. The molecule has 6 heteroatoms. The number of hydrogen-bond acceptors (Lipinski definition) is 4. The van der Waals surface area contributed by atoms with Gasteiger partial charge in [0.15, 0.2) is 0 Å². The first-order valence-corrected chi connectivity index (χ1v) is 6.82. The number of ether oxygens (including phenoxy) is 1. The fourth-order valence-electron chi connectivity index (χ4n) is 2.42. The first-order valence-electron chi connectivity index (χ1n) is 6.82. The fourth-order valence-corrected chi connectivity index (χ4v) is 2.42. The van der Waals surface area contributed by atoms with Crippen molar-refractivity contribution < 1.29 is 9.53 Å². The summed E-state index contributed by atoms with van der Waals surface area (Å²) in [5.41, 5.74) is 2.57. The van der Waals surface area contributed by atoms with Crippen molar-refractivity contribution >= 4 is 22.6 Å². The molecule has 2 aromatic rings. The molecule has 0 spiro atoms. The van der Waals surface area contributed by atoms with Crippen molar-refractivity contribution in [2.24, 2.45) is 0 Å². The second kappa shape index (κ2) is 5.60. The molecule has 6 nitrogen and oxygen atoms in total. The number of nitrogens with zero attached hydrogens (tertiary/aromatic N) is 1. The predicted molar refractivity (Wildman–Crippen MR) is 76.6 cm³/mol. The van der Waals surface area contributed by atoms with E-state index in [-0.39, 0.29) is 12.0 Å². The van der Waals surface area contributed by atoms with Gasteiger partial charge in [0.1, 0.15) is 11.9 Å². The average Bonchev–Trinajstić information content (AvgIpc) is 3.07. The Hall–Kier alpha value is -1.92. The first-order chi connectivity index (χ1) is 9.76. The van der Waals surface area contributed by atoms with E-state index in [1.165, 1.54) is 0 Å². The highest BCUT2D eigenvalue weighted by atomic mass is 16.5. The normalized spacial score (nSPS) is 18.6. The Balaban J connectivity index is 1.81.